The van der Waals surface area contributed by atoms with E-state index < -0.39 is 0 Å². The van der Waals surface area contributed by atoms with Crippen LogP contribution in [0.3, 0.4) is 0 Å². The van der Waals surface area contributed by atoms with Gasteiger partial charge < -0.3 is 10.5 Å². The smallest absolute Gasteiger partial charge is 0.322 e. The van der Waals surface area contributed by atoms with Crippen molar-refractivity contribution in [1.29, 1.82) is 0 Å². The highest BCUT2D eigenvalue weighted by molar-refractivity contribution is 7.99. The first-order chi connectivity index (χ1) is 9.17. The Hall–Kier alpha value is -1.82. The van der Waals surface area contributed by atoms with Crippen LogP contribution in [-0.4, -0.2) is 21.6 Å². The fourth-order valence-corrected chi connectivity index (χ4v) is 2.31. The summed E-state index contributed by atoms with van der Waals surface area (Å²) in [7, 11) is 0. The maximum atomic E-state index is 5.66. The molecule has 0 saturated carbocycles. The molecule has 1 heterocycles. The third-order valence-electron chi connectivity index (χ3n) is 2.25. The molecule has 0 unspecified atom stereocenters. The number of aryl methyl sites for hydroxylation is 1. The zero-order valence-corrected chi connectivity index (χ0v) is 11.8. The van der Waals surface area contributed by atoms with Crippen LogP contribution in [0.1, 0.15) is 18.9 Å². The SMILES string of the molecule is CCCOc1nc(N)nc(Sc2cccc(C)c2)n1. The number of nitrogens with two attached hydrogens (primary N) is 1. The Morgan fingerprint density at radius 2 is 2.11 bits per heavy atom. The molecule has 5 nitrogen and oxygen atoms in total. The summed E-state index contributed by atoms with van der Waals surface area (Å²) in [6, 6.07) is 8.39. The van der Waals surface area contributed by atoms with Gasteiger partial charge >= 0.3 is 6.01 Å². The Morgan fingerprint density at radius 1 is 1.26 bits per heavy atom. The van der Waals surface area contributed by atoms with Crippen LogP contribution in [0.4, 0.5) is 5.95 Å². The van der Waals surface area contributed by atoms with Crippen LogP contribution >= 0.6 is 11.8 Å². The van der Waals surface area contributed by atoms with Crippen molar-refractivity contribution in [2.45, 2.75) is 30.3 Å². The zero-order valence-electron chi connectivity index (χ0n) is 11.0. The molecule has 1 aromatic carbocycles. The molecule has 0 fully saturated rings. The highest BCUT2D eigenvalue weighted by Crippen LogP contribution is 2.26. The van der Waals surface area contributed by atoms with Crippen molar-refractivity contribution in [1.82, 2.24) is 15.0 Å². The highest BCUT2D eigenvalue weighted by atomic mass is 32.2. The molecule has 100 valence electrons. The number of nitrogen functional groups attached to an aromatic ring is 1. The minimum Gasteiger partial charge on any atom is -0.463 e. The first kappa shape index (κ1) is 13.6. The van der Waals surface area contributed by atoms with Crippen molar-refractivity contribution < 1.29 is 4.74 Å². The van der Waals surface area contributed by atoms with Crippen molar-refractivity contribution in [3.05, 3.63) is 29.8 Å². The van der Waals surface area contributed by atoms with Crippen molar-refractivity contribution in [2.75, 3.05) is 12.3 Å². The molecule has 0 spiro atoms. The van der Waals surface area contributed by atoms with Gasteiger partial charge in [0.2, 0.25) is 11.1 Å². The molecule has 6 heteroatoms. The summed E-state index contributed by atoms with van der Waals surface area (Å²) in [5, 5.41) is 0.546. The molecule has 0 aliphatic rings. The van der Waals surface area contributed by atoms with Gasteiger partial charge in [-0.25, -0.2) is 0 Å². The standard InChI is InChI=1S/C13H16N4OS/c1-3-7-18-12-15-11(14)16-13(17-12)19-10-6-4-5-9(2)8-10/h4-6,8H,3,7H2,1-2H3,(H2,14,15,16,17). The number of ether oxygens (including phenoxy) is 1. The lowest BCUT2D eigenvalue weighted by atomic mass is 10.2. The third-order valence-corrected chi connectivity index (χ3v) is 3.10. The van der Waals surface area contributed by atoms with Gasteiger partial charge in [0, 0.05) is 4.90 Å². The average Bonchev–Trinajstić information content (AvgIpc) is 2.35. The monoisotopic (exact) mass is 276 g/mol. The Labute approximate surface area is 116 Å². The van der Waals surface area contributed by atoms with Crippen LogP contribution in [0.15, 0.2) is 34.3 Å². The average molecular weight is 276 g/mol. The van der Waals surface area contributed by atoms with Gasteiger partial charge in [-0.15, -0.1) is 0 Å². The number of nitrogens with zero attached hydrogens (tertiary/aromatic N) is 3. The van der Waals surface area contributed by atoms with E-state index in [1.807, 2.05) is 32.0 Å². The molecule has 0 aliphatic carbocycles. The van der Waals surface area contributed by atoms with Crippen LogP contribution in [0.25, 0.3) is 0 Å². The first-order valence-corrected chi connectivity index (χ1v) is 6.88. The predicted octanol–water partition coefficient (Wildman–Crippen LogP) is 2.70. The third kappa shape index (κ3) is 4.10. The van der Waals surface area contributed by atoms with E-state index in [-0.39, 0.29) is 12.0 Å². The van der Waals surface area contributed by atoms with Crippen LogP contribution in [0, 0.1) is 6.92 Å². The van der Waals surface area contributed by atoms with Gasteiger partial charge in [-0.1, -0.05) is 24.6 Å². The van der Waals surface area contributed by atoms with Crippen LogP contribution in [-0.2, 0) is 0 Å². The molecule has 2 N–H and O–H groups in total. The Morgan fingerprint density at radius 3 is 2.84 bits per heavy atom. The van der Waals surface area contributed by atoms with E-state index in [1.54, 1.807) is 0 Å². The molecule has 0 bridgehead atoms. The molecular weight excluding hydrogens is 260 g/mol. The van der Waals surface area contributed by atoms with Crippen LogP contribution in [0.5, 0.6) is 6.01 Å². The minimum atomic E-state index is 0.177. The minimum absolute atomic E-state index is 0.177. The number of rotatable bonds is 5. The molecular formula is C13H16N4OS. The fourth-order valence-electron chi connectivity index (χ4n) is 1.44. The van der Waals surface area contributed by atoms with E-state index in [9.17, 15) is 0 Å². The maximum Gasteiger partial charge on any atom is 0.322 e. The number of hydrogen-bond acceptors (Lipinski definition) is 6. The fraction of sp³-hybridized carbons (Fsp3) is 0.308. The first-order valence-electron chi connectivity index (χ1n) is 6.06. The van der Waals surface area contributed by atoms with Gasteiger partial charge in [-0.2, -0.15) is 15.0 Å². The van der Waals surface area contributed by atoms with E-state index in [2.05, 4.69) is 21.0 Å². The molecule has 0 saturated heterocycles. The summed E-state index contributed by atoms with van der Waals surface area (Å²) < 4.78 is 5.38. The normalized spacial score (nSPS) is 10.4. The predicted molar refractivity (Wildman–Crippen MR) is 75.3 cm³/mol. The molecule has 0 radical (unpaired) electrons. The molecule has 0 atom stereocenters. The van der Waals surface area contributed by atoms with Crippen LogP contribution in [0.2, 0.25) is 0 Å². The van der Waals surface area contributed by atoms with Gasteiger partial charge in [0.15, 0.2) is 0 Å². The van der Waals surface area contributed by atoms with Crippen molar-refractivity contribution in [3.8, 4) is 6.01 Å². The van der Waals surface area contributed by atoms with Crippen LogP contribution < -0.4 is 10.5 Å². The summed E-state index contributed by atoms with van der Waals surface area (Å²) in [5.41, 5.74) is 6.85. The molecule has 2 aromatic rings. The Bertz CT molecular complexity index is 562. The van der Waals surface area contributed by atoms with Crippen molar-refractivity contribution in [2.24, 2.45) is 0 Å². The number of benzene rings is 1. The summed E-state index contributed by atoms with van der Waals surface area (Å²) >= 11 is 1.44. The van der Waals surface area contributed by atoms with Crippen molar-refractivity contribution in [3.63, 3.8) is 0 Å². The number of aromatic nitrogens is 3. The lowest BCUT2D eigenvalue weighted by molar-refractivity contribution is 0.288. The lowest BCUT2D eigenvalue weighted by Crippen LogP contribution is -2.05. The molecule has 0 amide bonds. The molecule has 2 rings (SSSR count). The van der Waals surface area contributed by atoms with Gasteiger partial charge in [-0.05, 0) is 37.2 Å². The summed E-state index contributed by atoms with van der Waals surface area (Å²) in [6.07, 6.45) is 0.895. The van der Waals surface area contributed by atoms with Gasteiger partial charge in [-0.3, -0.25) is 0 Å². The van der Waals surface area contributed by atoms with E-state index in [0.717, 1.165) is 11.3 Å². The topological polar surface area (TPSA) is 73.9 Å². The molecule has 0 aliphatic heterocycles. The van der Waals surface area contributed by atoms with Gasteiger partial charge in [0.25, 0.3) is 0 Å². The Kier molecular flexibility index (Phi) is 4.57. The van der Waals surface area contributed by atoms with E-state index >= 15 is 0 Å². The summed E-state index contributed by atoms with van der Waals surface area (Å²) in [4.78, 5) is 13.4. The van der Waals surface area contributed by atoms with E-state index in [0.29, 0.717) is 11.8 Å². The van der Waals surface area contributed by atoms with E-state index in [1.165, 1.54) is 17.3 Å². The Balaban J connectivity index is 2.17. The summed E-state index contributed by atoms with van der Waals surface area (Å²) in [6.45, 7) is 4.63. The second-order valence-corrected chi connectivity index (χ2v) is 5.07. The zero-order chi connectivity index (χ0) is 13.7. The number of anilines is 1. The number of hydrogen-bond donors (Lipinski definition) is 1. The second kappa shape index (κ2) is 6.38. The molecule has 1 aromatic heterocycles. The maximum absolute atomic E-state index is 5.66. The quantitative estimate of drug-likeness (QED) is 0.905. The van der Waals surface area contributed by atoms with Crippen molar-refractivity contribution >= 4 is 17.7 Å². The molecule has 19 heavy (non-hydrogen) atoms. The highest BCUT2D eigenvalue weighted by Gasteiger charge is 2.07. The summed E-state index contributed by atoms with van der Waals surface area (Å²) in [5.74, 6) is 0.177. The second-order valence-electron chi connectivity index (χ2n) is 4.03. The van der Waals surface area contributed by atoms with Gasteiger partial charge in [0.1, 0.15) is 0 Å². The lowest BCUT2D eigenvalue weighted by Gasteiger charge is -2.05. The van der Waals surface area contributed by atoms with E-state index in [4.69, 9.17) is 10.5 Å². The van der Waals surface area contributed by atoms with Gasteiger partial charge in [0.05, 0.1) is 6.61 Å². The largest absolute Gasteiger partial charge is 0.463 e.